The number of benzene rings is 3. The molecule has 0 saturated heterocycles. The number of azo groups is 1. The summed E-state index contributed by atoms with van der Waals surface area (Å²) in [6.07, 6.45) is 0. The van der Waals surface area contributed by atoms with Gasteiger partial charge < -0.3 is 5.11 Å². The van der Waals surface area contributed by atoms with E-state index < -0.39 is 41.5 Å². The highest BCUT2D eigenvalue weighted by molar-refractivity contribution is 7.86. The average molecular weight is 436 g/mol. The van der Waals surface area contributed by atoms with E-state index in [1.165, 1.54) is 12.1 Å². The van der Waals surface area contributed by atoms with Crippen LogP contribution < -0.4 is 0 Å². The van der Waals surface area contributed by atoms with Gasteiger partial charge in [-0.15, -0.1) is 10.2 Å². The van der Waals surface area contributed by atoms with Crippen molar-refractivity contribution in [3.63, 3.8) is 0 Å². The first kappa shape index (κ1) is 20.9. The van der Waals surface area contributed by atoms with Crippen LogP contribution in [0.3, 0.4) is 0 Å². The van der Waals surface area contributed by atoms with Gasteiger partial charge >= 0.3 is 0 Å². The minimum absolute atomic E-state index is 0.266. The average Bonchev–Trinajstić information content (AvgIpc) is 2.59. The minimum Gasteiger partial charge on any atom is -0.505 e. The highest BCUT2D eigenvalue weighted by atomic mass is 32.2. The summed E-state index contributed by atoms with van der Waals surface area (Å²) in [5.74, 6) is -0.552. The second kappa shape index (κ2) is 7.19. The van der Waals surface area contributed by atoms with Crippen molar-refractivity contribution in [1.29, 1.82) is 0 Å². The normalized spacial score (nSPS) is 12.7. The summed E-state index contributed by atoms with van der Waals surface area (Å²) in [6.45, 7) is 3.41. The van der Waals surface area contributed by atoms with Gasteiger partial charge in [-0.05, 0) is 49.1 Å². The van der Waals surface area contributed by atoms with Crippen molar-refractivity contribution in [2.24, 2.45) is 10.2 Å². The van der Waals surface area contributed by atoms with Crippen LogP contribution in [0.4, 0.5) is 11.4 Å². The number of nitrogens with zero attached hydrogens (tertiary/aromatic N) is 2. The van der Waals surface area contributed by atoms with Crippen LogP contribution in [0.5, 0.6) is 5.75 Å². The summed E-state index contributed by atoms with van der Waals surface area (Å²) in [5, 5.41) is 18.6. The minimum atomic E-state index is -4.79. The Morgan fingerprint density at radius 3 is 1.97 bits per heavy atom. The molecule has 29 heavy (non-hydrogen) atoms. The maximum atomic E-state index is 11.8. The summed E-state index contributed by atoms with van der Waals surface area (Å²) in [6, 6.07) is 9.83. The second-order valence-corrected chi connectivity index (χ2v) is 9.20. The zero-order valence-corrected chi connectivity index (χ0v) is 16.9. The van der Waals surface area contributed by atoms with Gasteiger partial charge in [0, 0.05) is 5.39 Å². The third kappa shape index (κ3) is 4.27. The fraction of sp³-hybridized carbons (Fsp3) is 0.111. The zero-order chi connectivity index (χ0) is 21.6. The fourth-order valence-electron chi connectivity index (χ4n) is 2.78. The van der Waals surface area contributed by atoms with Crippen LogP contribution in [-0.2, 0) is 20.2 Å². The van der Waals surface area contributed by atoms with Crippen molar-refractivity contribution < 1.29 is 31.0 Å². The molecule has 0 atom stereocenters. The lowest BCUT2D eigenvalue weighted by Crippen LogP contribution is -1.99. The first-order valence-electron chi connectivity index (χ1n) is 8.11. The number of phenolic OH excluding ortho intramolecular Hbond substituents is 1. The number of aromatic hydroxyl groups is 1. The summed E-state index contributed by atoms with van der Waals surface area (Å²) in [5.41, 5.74) is 0.549. The van der Waals surface area contributed by atoms with Gasteiger partial charge in [-0.3, -0.25) is 9.11 Å². The molecule has 3 aromatic carbocycles. The van der Waals surface area contributed by atoms with Gasteiger partial charge in [0.05, 0.1) is 0 Å². The third-order valence-corrected chi connectivity index (χ3v) is 5.90. The molecule has 0 spiro atoms. The van der Waals surface area contributed by atoms with Crippen LogP contribution in [0.15, 0.2) is 62.5 Å². The largest absolute Gasteiger partial charge is 0.505 e. The SMILES string of the molecule is Cc1ccc(S(=O)(=O)O)c(N=Nc2c(S(=O)(=O)O)cc3ccc(C)cc3c2O)c1. The molecule has 3 N–H and O–H groups in total. The van der Waals surface area contributed by atoms with Gasteiger partial charge in [0.1, 0.15) is 21.2 Å². The molecule has 11 heteroatoms. The van der Waals surface area contributed by atoms with E-state index in [1.807, 2.05) is 0 Å². The first-order valence-corrected chi connectivity index (χ1v) is 11.0. The van der Waals surface area contributed by atoms with Gasteiger partial charge in [0.15, 0.2) is 5.75 Å². The second-order valence-electron chi connectivity index (χ2n) is 6.42. The van der Waals surface area contributed by atoms with E-state index in [2.05, 4.69) is 10.2 Å². The third-order valence-electron chi connectivity index (χ3n) is 4.14. The molecule has 0 aliphatic heterocycles. The van der Waals surface area contributed by atoms with E-state index in [0.717, 1.165) is 17.7 Å². The van der Waals surface area contributed by atoms with Gasteiger partial charge in [-0.25, -0.2) is 0 Å². The molecule has 0 radical (unpaired) electrons. The Labute approximate surface area is 166 Å². The molecular formula is C18H16N2O7S2. The molecule has 152 valence electrons. The molecule has 0 aromatic heterocycles. The van der Waals surface area contributed by atoms with E-state index >= 15 is 0 Å². The molecule has 0 heterocycles. The summed E-state index contributed by atoms with van der Waals surface area (Å²) in [4.78, 5) is -1.24. The molecule has 9 nitrogen and oxygen atoms in total. The van der Waals surface area contributed by atoms with E-state index in [4.69, 9.17) is 0 Å². The van der Waals surface area contributed by atoms with Crippen LogP contribution in [-0.4, -0.2) is 31.0 Å². The quantitative estimate of drug-likeness (QED) is 0.411. The molecule has 0 saturated carbocycles. The number of aryl methyl sites for hydroxylation is 2. The molecule has 0 aliphatic carbocycles. The molecule has 0 amide bonds. The Bertz CT molecular complexity index is 1380. The number of hydrogen-bond donors (Lipinski definition) is 3. The highest BCUT2D eigenvalue weighted by Gasteiger charge is 2.22. The molecular weight excluding hydrogens is 420 g/mol. The summed E-state index contributed by atoms with van der Waals surface area (Å²) >= 11 is 0. The standard InChI is InChI=1S/C18H16N2O7S2/c1-10-3-5-12-9-16(29(25,26)27)17(18(21)13(12)7-10)20-19-14-8-11(2)4-6-15(14)28(22,23)24/h3-9,21H,1-2H3,(H,22,23,24)(H,25,26,27). The Balaban J connectivity index is 2.31. The Hall–Kier alpha value is -2.86. The lowest BCUT2D eigenvalue weighted by atomic mass is 10.1. The van der Waals surface area contributed by atoms with Crippen LogP contribution in [0.1, 0.15) is 11.1 Å². The number of fused-ring (bicyclic) bond motifs is 1. The highest BCUT2D eigenvalue weighted by Crippen LogP contribution is 2.42. The lowest BCUT2D eigenvalue weighted by Gasteiger charge is -2.09. The molecule has 0 aliphatic rings. The number of rotatable bonds is 4. The number of hydrogen-bond acceptors (Lipinski definition) is 7. The molecule has 3 rings (SSSR count). The Morgan fingerprint density at radius 2 is 1.34 bits per heavy atom. The Morgan fingerprint density at radius 1 is 0.759 bits per heavy atom. The van der Waals surface area contributed by atoms with Crippen molar-refractivity contribution in [3.8, 4) is 5.75 Å². The fourth-order valence-corrected chi connectivity index (χ4v) is 4.04. The topological polar surface area (TPSA) is 154 Å². The van der Waals surface area contributed by atoms with E-state index in [9.17, 15) is 31.0 Å². The van der Waals surface area contributed by atoms with E-state index in [-0.39, 0.29) is 11.1 Å². The van der Waals surface area contributed by atoms with Crippen molar-refractivity contribution in [2.75, 3.05) is 0 Å². The van der Waals surface area contributed by atoms with Gasteiger partial charge in [-0.2, -0.15) is 16.8 Å². The van der Waals surface area contributed by atoms with Gasteiger partial charge in [0.2, 0.25) is 0 Å². The van der Waals surface area contributed by atoms with E-state index in [0.29, 0.717) is 10.9 Å². The van der Waals surface area contributed by atoms with Crippen LogP contribution in [0.2, 0.25) is 0 Å². The summed E-state index contributed by atoms with van der Waals surface area (Å²) in [7, 11) is -9.42. The molecule has 0 bridgehead atoms. The van der Waals surface area contributed by atoms with Crippen LogP contribution in [0.25, 0.3) is 10.8 Å². The van der Waals surface area contributed by atoms with Crippen molar-refractivity contribution >= 4 is 42.4 Å². The zero-order valence-electron chi connectivity index (χ0n) is 15.2. The maximum Gasteiger partial charge on any atom is 0.296 e. The van der Waals surface area contributed by atoms with E-state index in [1.54, 1.807) is 32.0 Å². The summed E-state index contributed by atoms with van der Waals surface area (Å²) < 4.78 is 65.6. The first-order chi connectivity index (χ1) is 13.4. The van der Waals surface area contributed by atoms with Crippen LogP contribution >= 0.6 is 0 Å². The molecule has 0 fully saturated rings. The number of phenols is 1. The predicted octanol–water partition coefficient (Wildman–Crippen LogP) is 4.07. The monoisotopic (exact) mass is 436 g/mol. The smallest absolute Gasteiger partial charge is 0.296 e. The maximum absolute atomic E-state index is 11.8. The van der Waals surface area contributed by atoms with Crippen molar-refractivity contribution in [3.05, 3.63) is 53.6 Å². The predicted molar refractivity (Wildman–Crippen MR) is 105 cm³/mol. The molecule has 0 unspecified atom stereocenters. The molecule has 3 aromatic rings. The Kier molecular flexibility index (Phi) is 5.17. The van der Waals surface area contributed by atoms with Crippen LogP contribution in [0, 0.1) is 13.8 Å². The van der Waals surface area contributed by atoms with Gasteiger partial charge in [-0.1, -0.05) is 23.8 Å². The van der Waals surface area contributed by atoms with Gasteiger partial charge in [0.25, 0.3) is 20.2 Å². The van der Waals surface area contributed by atoms with Crippen molar-refractivity contribution in [2.45, 2.75) is 23.6 Å². The lowest BCUT2D eigenvalue weighted by molar-refractivity contribution is 0.472. The van der Waals surface area contributed by atoms with Crippen molar-refractivity contribution in [1.82, 2.24) is 0 Å².